The molecule has 0 bridgehead atoms. The quantitative estimate of drug-likeness (QED) is 0.467. The zero-order valence-electron chi connectivity index (χ0n) is 19.2. The van der Waals surface area contributed by atoms with E-state index in [1.807, 2.05) is 77.9 Å². The number of piperazine rings is 1. The van der Waals surface area contributed by atoms with E-state index in [0.29, 0.717) is 24.5 Å². The molecular formula is C26H28ClN3O3S. The lowest BCUT2D eigenvalue weighted by molar-refractivity contribution is -0.135. The summed E-state index contributed by atoms with van der Waals surface area (Å²) in [5.41, 5.74) is 1.45. The standard InChI is InChI=1S/C26H28ClN3O3S/c1-18-15-21(33-20-7-4-3-5-8-20)10-11-22(18)30(24(31)16-27)25(23-9-6-14-34-23)26(32)29-13-12-28-19(2)17-29/h3-11,14-15,19,25,28H,12-13,16-17H2,1-2H3/t19-,25+/m1/s1. The third-order valence-electron chi connectivity index (χ3n) is 5.77. The van der Waals surface area contributed by atoms with Crippen molar-refractivity contribution in [3.63, 3.8) is 0 Å². The monoisotopic (exact) mass is 497 g/mol. The molecule has 0 saturated carbocycles. The van der Waals surface area contributed by atoms with Crippen LogP contribution in [0.15, 0.2) is 66.0 Å². The van der Waals surface area contributed by atoms with Crippen LogP contribution < -0.4 is 15.0 Å². The van der Waals surface area contributed by atoms with Gasteiger partial charge in [0.15, 0.2) is 0 Å². The van der Waals surface area contributed by atoms with Gasteiger partial charge in [0.1, 0.15) is 23.4 Å². The first-order chi connectivity index (χ1) is 16.5. The fourth-order valence-electron chi connectivity index (χ4n) is 4.18. The number of benzene rings is 2. The number of halogens is 1. The molecule has 1 N–H and O–H groups in total. The minimum Gasteiger partial charge on any atom is -0.457 e. The fourth-order valence-corrected chi connectivity index (χ4v) is 5.12. The van der Waals surface area contributed by atoms with Gasteiger partial charge in [-0.05, 0) is 61.2 Å². The number of amides is 2. The van der Waals surface area contributed by atoms with Crippen LogP contribution in [0.2, 0.25) is 0 Å². The summed E-state index contributed by atoms with van der Waals surface area (Å²) in [6.45, 7) is 5.86. The number of aryl methyl sites for hydroxylation is 1. The van der Waals surface area contributed by atoms with Gasteiger partial charge >= 0.3 is 0 Å². The van der Waals surface area contributed by atoms with Crippen molar-refractivity contribution in [2.45, 2.75) is 25.9 Å². The van der Waals surface area contributed by atoms with Gasteiger partial charge in [-0.3, -0.25) is 14.5 Å². The fraction of sp³-hybridized carbons (Fsp3) is 0.308. The van der Waals surface area contributed by atoms with Crippen molar-refractivity contribution < 1.29 is 14.3 Å². The smallest absolute Gasteiger partial charge is 0.251 e. The molecule has 2 atom stereocenters. The predicted molar refractivity (Wildman–Crippen MR) is 137 cm³/mol. The van der Waals surface area contributed by atoms with E-state index in [1.165, 1.54) is 11.3 Å². The lowest BCUT2D eigenvalue weighted by Crippen LogP contribution is -2.55. The van der Waals surface area contributed by atoms with Crippen molar-refractivity contribution in [3.05, 3.63) is 76.5 Å². The van der Waals surface area contributed by atoms with Crippen LogP contribution in [0.5, 0.6) is 11.5 Å². The van der Waals surface area contributed by atoms with E-state index in [0.717, 1.165) is 22.7 Å². The van der Waals surface area contributed by atoms with Gasteiger partial charge in [-0.15, -0.1) is 22.9 Å². The Morgan fingerprint density at radius 2 is 1.97 bits per heavy atom. The van der Waals surface area contributed by atoms with E-state index in [-0.39, 0.29) is 23.7 Å². The number of para-hydroxylation sites is 1. The number of hydrogen-bond acceptors (Lipinski definition) is 5. The van der Waals surface area contributed by atoms with Gasteiger partial charge in [-0.25, -0.2) is 0 Å². The highest BCUT2D eigenvalue weighted by Crippen LogP contribution is 2.36. The molecule has 1 aliphatic rings. The lowest BCUT2D eigenvalue weighted by atomic mass is 10.1. The molecule has 0 radical (unpaired) electrons. The summed E-state index contributed by atoms with van der Waals surface area (Å²) in [7, 11) is 0. The van der Waals surface area contributed by atoms with Crippen LogP contribution in [0.25, 0.3) is 0 Å². The Labute approximate surface area is 209 Å². The van der Waals surface area contributed by atoms with E-state index in [4.69, 9.17) is 16.3 Å². The lowest BCUT2D eigenvalue weighted by Gasteiger charge is -2.38. The van der Waals surface area contributed by atoms with Crippen LogP contribution in [0.4, 0.5) is 5.69 Å². The Hall–Kier alpha value is -2.87. The Morgan fingerprint density at radius 1 is 1.18 bits per heavy atom. The molecule has 1 aromatic heterocycles. The highest BCUT2D eigenvalue weighted by molar-refractivity contribution is 7.10. The van der Waals surface area contributed by atoms with E-state index in [1.54, 1.807) is 4.90 Å². The van der Waals surface area contributed by atoms with Crippen molar-refractivity contribution in [1.29, 1.82) is 0 Å². The number of carbonyl (C=O) groups excluding carboxylic acids is 2. The van der Waals surface area contributed by atoms with Gasteiger partial charge in [-0.2, -0.15) is 0 Å². The molecule has 6 nitrogen and oxygen atoms in total. The van der Waals surface area contributed by atoms with Crippen LogP contribution in [0.1, 0.15) is 23.4 Å². The molecule has 0 aliphatic carbocycles. The first-order valence-corrected chi connectivity index (χ1v) is 12.7. The second-order valence-electron chi connectivity index (χ2n) is 8.32. The van der Waals surface area contributed by atoms with Crippen LogP contribution in [-0.4, -0.2) is 48.3 Å². The highest BCUT2D eigenvalue weighted by Gasteiger charge is 2.37. The van der Waals surface area contributed by atoms with E-state index in [2.05, 4.69) is 12.2 Å². The van der Waals surface area contributed by atoms with Gasteiger partial charge in [0, 0.05) is 36.2 Å². The minimum absolute atomic E-state index is 0.0988. The number of nitrogens with one attached hydrogen (secondary N) is 1. The number of thiophene rings is 1. The summed E-state index contributed by atoms with van der Waals surface area (Å²) < 4.78 is 5.96. The maximum atomic E-state index is 13.8. The molecule has 2 amide bonds. The normalized spacial score (nSPS) is 16.7. The molecule has 34 heavy (non-hydrogen) atoms. The third kappa shape index (κ3) is 5.43. The Bertz CT molecular complexity index is 1120. The van der Waals surface area contributed by atoms with Crippen molar-refractivity contribution in [2.24, 2.45) is 0 Å². The first kappa shape index (κ1) is 24.3. The summed E-state index contributed by atoms with van der Waals surface area (Å²) in [6, 6.07) is 18.2. The molecule has 0 spiro atoms. The van der Waals surface area contributed by atoms with Crippen LogP contribution >= 0.6 is 22.9 Å². The number of hydrogen-bond donors (Lipinski definition) is 1. The number of rotatable bonds is 7. The Kier molecular flexibility index (Phi) is 7.88. The van der Waals surface area contributed by atoms with Gasteiger partial charge in [0.2, 0.25) is 5.91 Å². The molecule has 1 fully saturated rings. The largest absolute Gasteiger partial charge is 0.457 e. The van der Waals surface area contributed by atoms with Crippen molar-refractivity contribution in [1.82, 2.24) is 10.2 Å². The van der Waals surface area contributed by atoms with Gasteiger partial charge in [0.05, 0.1) is 0 Å². The second kappa shape index (κ2) is 11.0. The number of anilines is 1. The number of ether oxygens (including phenoxy) is 1. The first-order valence-electron chi connectivity index (χ1n) is 11.2. The number of carbonyl (C=O) groups is 2. The Morgan fingerprint density at radius 3 is 2.62 bits per heavy atom. The van der Waals surface area contributed by atoms with Gasteiger partial charge in [-0.1, -0.05) is 24.3 Å². The van der Waals surface area contributed by atoms with Crippen LogP contribution in [0, 0.1) is 6.92 Å². The average Bonchev–Trinajstić information content (AvgIpc) is 3.37. The van der Waals surface area contributed by atoms with Crippen molar-refractivity contribution >= 4 is 40.4 Å². The maximum absolute atomic E-state index is 13.8. The highest BCUT2D eigenvalue weighted by atomic mass is 35.5. The molecule has 0 unspecified atom stereocenters. The molecule has 178 valence electrons. The SMILES string of the molecule is Cc1cc(Oc2ccccc2)ccc1N(C(=O)CCl)[C@H](C(=O)N1CCN[C@H](C)C1)c1cccs1. The van der Waals surface area contributed by atoms with Crippen molar-refractivity contribution in [2.75, 3.05) is 30.4 Å². The maximum Gasteiger partial charge on any atom is 0.251 e. The molecule has 1 aliphatic heterocycles. The van der Waals surface area contributed by atoms with E-state index < -0.39 is 6.04 Å². The molecule has 1 saturated heterocycles. The predicted octanol–water partition coefficient (Wildman–Crippen LogP) is 4.98. The summed E-state index contributed by atoms with van der Waals surface area (Å²) in [5.74, 6) is 0.729. The molecule has 4 rings (SSSR count). The van der Waals surface area contributed by atoms with Crippen LogP contribution in [0.3, 0.4) is 0 Å². The molecule has 2 heterocycles. The Balaban J connectivity index is 1.71. The van der Waals surface area contributed by atoms with Gasteiger partial charge in [0.25, 0.3) is 5.91 Å². The van der Waals surface area contributed by atoms with E-state index in [9.17, 15) is 9.59 Å². The topological polar surface area (TPSA) is 61.9 Å². The molecule has 3 aromatic rings. The zero-order chi connectivity index (χ0) is 24.1. The second-order valence-corrected chi connectivity index (χ2v) is 9.56. The minimum atomic E-state index is -0.781. The number of nitrogens with zero attached hydrogens (tertiary/aromatic N) is 2. The molecular weight excluding hydrogens is 470 g/mol. The summed E-state index contributed by atoms with van der Waals surface area (Å²) in [5, 5.41) is 5.28. The summed E-state index contributed by atoms with van der Waals surface area (Å²) in [4.78, 5) is 31.2. The summed E-state index contributed by atoms with van der Waals surface area (Å²) >= 11 is 7.52. The van der Waals surface area contributed by atoms with Gasteiger partial charge < -0.3 is 15.0 Å². The summed E-state index contributed by atoms with van der Waals surface area (Å²) in [6.07, 6.45) is 0. The zero-order valence-corrected chi connectivity index (χ0v) is 20.8. The van der Waals surface area contributed by atoms with Crippen LogP contribution in [-0.2, 0) is 9.59 Å². The number of alkyl halides is 1. The third-order valence-corrected chi connectivity index (χ3v) is 6.93. The molecule has 8 heteroatoms. The average molecular weight is 498 g/mol. The van der Waals surface area contributed by atoms with Crippen molar-refractivity contribution in [3.8, 4) is 11.5 Å². The van der Waals surface area contributed by atoms with E-state index >= 15 is 0 Å². The molecule has 2 aromatic carbocycles.